The highest BCUT2D eigenvalue weighted by atomic mass is 16.5. The van der Waals surface area contributed by atoms with Crippen LogP contribution in [-0.4, -0.2) is 63.4 Å². The Labute approximate surface area is 175 Å². The van der Waals surface area contributed by atoms with Gasteiger partial charge in [0.25, 0.3) is 0 Å². The molecular formula is C20H19N3O8. The van der Waals surface area contributed by atoms with Crippen molar-refractivity contribution in [3.63, 3.8) is 0 Å². The van der Waals surface area contributed by atoms with Crippen molar-refractivity contribution in [2.75, 3.05) is 20.2 Å². The molecule has 162 valence electrons. The lowest BCUT2D eigenvalue weighted by Crippen LogP contribution is -2.44. The maximum absolute atomic E-state index is 11.4. The minimum absolute atomic E-state index is 0.241. The van der Waals surface area contributed by atoms with Gasteiger partial charge in [-0.2, -0.15) is 4.98 Å². The number of hydrogen-bond acceptors (Lipinski definition) is 9. The summed E-state index contributed by atoms with van der Waals surface area (Å²) in [6.07, 6.45) is 1.59. The quantitative estimate of drug-likeness (QED) is 0.451. The number of ether oxygens (including phenoxy) is 1. The van der Waals surface area contributed by atoms with Crippen molar-refractivity contribution in [2.45, 2.75) is 12.5 Å². The smallest absolute Gasteiger partial charge is 0.414 e. The van der Waals surface area contributed by atoms with E-state index in [1.165, 1.54) is 7.11 Å². The number of benzene rings is 1. The minimum Gasteiger partial charge on any atom is -0.473 e. The lowest BCUT2D eigenvalue weighted by atomic mass is 9.99. The van der Waals surface area contributed by atoms with Gasteiger partial charge in [0.15, 0.2) is 5.76 Å². The lowest BCUT2D eigenvalue weighted by molar-refractivity contribution is -0.159. The zero-order valence-corrected chi connectivity index (χ0v) is 16.4. The molecule has 1 saturated heterocycles. The molecule has 0 aliphatic carbocycles. The van der Waals surface area contributed by atoms with Crippen LogP contribution >= 0.6 is 0 Å². The molecule has 0 spiro atoms. The maximum atomic E-state index is 11.4. The maximum Gasteiger partial charge on any atom is 0.414 e. The van der Waals surface area contributed by atoms with Crippen molar-refractivity contribution < 1.29 is 38.3 Å². The average Bonchev–Trinajstić information content (AvgIpc) is 3.42. The van der Waals surface area contributed by atoms with E-state index in [0.29, 0.717) is 23.0 Å². The third kappa shape index (κ3) is 5.54. The molecule has 0 unspecified atom stereocenters. The third-order valence-corrected chi connectivity index (χ3v) is 4.45. The number of carbonyl (C=O) groups is 3. The van der Waals surface area contributed by atoms with Crippen LogP contribution in [0.5, 0.6) is 0 Å². The Morgan fingerprint density at radius 2 is 1.81 bits per heavy atom. The van der Waals surface area contributed by atoms with E-state index in [1.807, 2.05) is 12.1 Å². The topological polar surface area (TPSA) is 156 Å². The highest BCUT2D eigenvalue weighted by Gasteiger charge is 2.32. The number of nitrogens with zero attached hydrogens (tertiary/aromatic N) is 3. The Morgan fingerprint density at radius 1 is 1.13 bits per heavy atom. The average molecular weight is 429 g/mol. The minimum atomic E-state index is -1.82. The fraction of sp³-hybridized carbons (Fsp3) is 0.250. The SMILES string of the molecule is COC(=O)c1ccc(CN2CC(c3nc(-c4ccco4)no3)C2)cc1.O=C(O)C(=O)O. The molecule has 1 aliphatic heterocycles. The molecule has 0 amide bonds. The number of esters is 1. The van der Waals surface area contributed by atoms with Gasteiger partial charge in [0, 0.05) is 19.6 Å². The van der Waals surface area contributed by atoms with Crippen molar-refractivity contribution >= 4 is 17.9 Å². The zero-order chi connectivity index (χ0) is 22.4. The van der Waals surface area contributed by atoms with Crippen LogP contribution in [0.2, 0.25) is 0 Å². The van der Waals surface area contributed by atoms with Gasteiger partial charge in [0.2, 0.25) is 11.7 Å². The number of likely N-dealkylation sites (tertiary alicyclic amines) is 1. The fourth-order valence-electron chi connectivity index (χ4n) is 2.88. The first-order valence-electron chi connectivity index (χ1n) is 9.10. The van der Waals surface area contributed by atoms with E-state index in [9.17, 15) is 4.79 Å². The molecule has 0 atom stereocenters. The van der Waals surface area contributed by atoms with E-state index in [2.05, 4.69) is 15.0 Å². The summed E-state index contributed by atoms with van der Waals surface area (Å²) in [5.74, 6) is -1.99. The molecule has 0 radical (unpaired) electrons. The summed E-state index contributed by atoms with van der Waals surface area (Å²) >= 11 is 0. The van der Waals surface area contributed by atoms with E-state index < -0.39 is 11.9 Å². The van der Waals surface area contributed by atoms with E-state index in [-0.39, 0.29) is 11.9 Å². The Kier molecular flexibility index (Phi) is 6.78. The van der Waals surface area contributed by atoms with Gasteiger partial charge in [0.1, 0.15) is 0 Å². The van der Waals surface area contributed by atoms with E-state index in [0.717, 1.165) is 25.2 Å². The summed E-state index contributed by atoms with van der Waals surface area (Å²) in [6.45, 7) is 2.54. The number of furan rings is 1. The third-order valence-electron chi connectivity index (χ3n) is 4.45. The van der Waals surface area contributed by atoms with Gasteiger partial charge in [-0.15, -0.1) is 0 Å². The first-order valence-corrected chi connectivity index (χ1v) is 9.10. The summed E-state index contributed by atoms with van der Waals surface area (Å²) in [5, 5.41) is 18.7. The van der Waals surface area contributed by atoms with E-state index in [4.69, 9.17) is 33.5 Å². The number of aromatic nitrogens is 2. The number of carboxylic acids is 2. The molecule has 3 heterocycles. The van der Waals surface area contributed by atoms with Crippen molar-refractivity contribution in [2.24, 2.45) is 0 Å². The number of carbonyl (C=O) groups excluding carboxylic acids is 1. The predicted molar refractivity (Wildman–Crippen MR) is 103 cm³/mol. The van der Waals surface area contributed by atoms with Crippen LogP contribution in [0.1, 0.15) is 27.7 Å². The monoisotopic (exact) mass is 429 g/mol. The van der Waals surface area contributed by atoms with Crippen molar-refractivity contribution in [3.8, 4) is 11.6 Å². The van der Waals surface area contributed by atoms with Crippen molar-refractivity contribution in [1.29, 1.82) is 0 Å². The largest absolute Gasteiger partial charge is 0.473 e. The highest BCUT2D eigenvalue weighted by molar-refractivity contribution is 6.27. The summed E-state index contributed by atoms with van der Waals surface area (Å²) in [6, 6.07) is 11.1. The molecule has 11 nitrogen and oxygen atoms in total. The first-order chi connectivity index (χ1) is 14.9. The Bertz CT molecular complexity index is 1020. The number of hydrogen-bond donors (Lipinski definition) is 2. The van der Waals surface area contributed by atoms with Crippen LogP contribution in [0.4, 0.5) is 0 Å². The lowest BCUT2D eigenvalue weighted by Gasteiger charge is -2.37. The van der Waals surface area contributed by atoms with E-state index >= 15 is 0 Å². The number of rotatable bonds is 5. The summed E-state index contributed by atoms with van der Waals surface area (Å²) in [5.41, 5.74) is 1.71. The van der Waals surface area contributed by atoms with Crippen LogP contribution in [0.3, 0.4) is 0 Å². The molecule has 0 bridgehead atoms. The summed E-state index contributed by atoms with van der Waals surface area (Å²) in [7, 11) is 1.38. The molecule has 3 aromatic rings. The Morgan fingerprint density at radius 3 is 2.35 bits per heavy atom. The second-order valence-electron chi connectivity index (χ2n) is 6.62. The van der Waals surface area contributed by atoms with Crippen molar-refractivity contribution in [1.82, 2.24) is 15.0 Å². The second kappa shape index (κ2) is 9.67. The van der Waals surface area contributed by atoms with Crippen LogP contribution < -0.4 is 0 Å². The van der Waals surface area contributed by atoms with Gasteiger partial charge in [-0.3, -0.25) is 4.90 Å². The molecule has 0 saturated carbocycles. The standard InChI is InChI=1S/C18H17N3O4.C2H2O4/c1-23-18(22)13-6-4-12(5-7-13)9-21-10-14(11-21)17-19-16(20-25-17)15-3-2-8-24-15;3-1(4)2(5)6/h2-8,14H,9-11H2,1H3;(H,3,4)(H,5,6). The first kappa shape index (κ1) is 21.7. The molecule has 11 heteroatoms. The Hall–Kier alpha value is -3.99. The normalized spacial score (nSPS) is 13.6. The number of aliphatic carboxylic acids is 2. The fourth-order valence-corrected chi connectivity index (χ4v) is 2.88. The van der Waals surface area contributed by atoms with Gasteiger partial charge in [-0.1, -0.05) is 17.3 Å². The molecule has 1 fully saturated rings. The van der Waals surface area contributed by atoms with Gasteiger partial charge < -0.3 is 23.9 Å². The molecular weight excluding hydrogens is 410 g/mol. The summed E-state index contributed by atoms with van der Waals surface area (Å²) in [4.78, 5) is 36.3. The van der Waals surface area contributed by atoms with E-state index in [1.54, 1.807) is 30.5 Å². The summed E-state index contributed by atoms with van der Waals surface area (Å²) < 4.78 is 15.3. The van der Waals surface area contributed by atoms with Gasteiger partial charge in [-0.05, 0) is 29.8 Å². The second-order valence-corrected chi connectivity index (χ2v) is 6.62. The molecule has 2 aromatic heterocycles. The molecule has 1 aromatic carbocycles. The molecule has 4 rings (SSSR count). The highest BCUT2D eigenvalue weighted by Crippen LogP contribution is 2.28. The molecule has 2 N–H and O–H groups in total. The van der Waals surface area contributed by atoms with Crippen LogP contribution in [0.15, 0.2) is 51.6 Å². The van der Waals surface area contributed by atoms with Gasteiger partial charge in [0.05, 0.1) is 24.9 Å². The number of carboxylic acid groups (broad SMARTS) is 2. The van der Waals surface area contributed by atoms with Crippen LogP contribution in [-0.2, 0) is 20.9 Å². The molecule has 31 heavy (non-hydrogen) atoms. The van der Waals surface area contributed by atoms with Crippen molar-refractivity contribution in [3.05, 3.63) is 59.7 Å². The van der Waals surface area contributed by atoms with Gasteiger partial charge in [-0.25, -0.2) is 14.4 Å². The zero-order valence-electron chi connectivity index (χ0n) is 16.4. The Balaban J connectivity index is 0.000000401. The predicted octanol–water partition coefficient (Wildman–Crippen LogP) is 1.87. The van der Waals surface area contributed by atoms with Crippen LogP contribution in [0.25, 0.3) is 11.6 Å². The number of methoxy groups -OCH3 is 1. The van der Waals surface area contributed by atoms with Crippen LogP contribution in [0, 0.1) is 0 Å². The molecule has 1 aliphatic rings. The van der Waals surface area contributed by atoms with Gasteiger partial charge >= 0.3 is 17.9 Å².